The van der Waals surface area contributed by atoms with Gasteiger partial charge in [-0.3, -0.25) is 10.3 Å². The van der Waals surface area contributed by atoms with E-state index in [-0.39, 0.29) is 5.41 Å². The summed E-state index contributed by atoms with van der Waals surface area (Å²) in [5.41, 5.74) is 5.08. The molecule has 0 saturated heterocycles. The SMILES string of the molecule is C=C(/C=C(\C)C1(C)C=CC(Cl)=CC1)C(O)CC1(ONc2ccccc2Cl)CCCCC1. The molecule has 3 rings (SSSR count). The minimum absolute atomic E-state index is 0.119. The molecule has 0 aliphatic heterocycles. The van der Waals surface area contributed by atoms with E-state index in [1.54, 1.807) is 0 Å². The van der Waals surface area contributed by atoms with Crippen molar-refractivity contribution in [3.63, 3.8) is 0 Å². The molecule has 0 spiro atoms. The van der Waals surface area contributed by atoms with Crippen LogP contribution < -0.4 is 5.48 Å². The van der Waals surface area contributed by atoms with Crippen LogP contribution in [0, 0.1) is 5.41 Å². The maximum absolute atomic E-state index is 11.0. The smallest absolute Gasteiger partial charge is 0.0988 e. The second-order valence-corrected chi connectivity index (χ2v) is 9.94. The molecule has 3 nitrogen and oxygen atoms in total. The monoisotopic (exact) mass is 461 g/mol. The number of para-hydroxylation sites is 1. The third-order valence-corrected chi connectivity index (χ3v) is 7.25. The van der Waals surface area contributed by atoms with Gasteiger partial charge in [0.15, 0.2) is 0 Å². The topological polar surface area (TPSA) is 41.5 Å². The van der Waals surface area contributed by atoms with Crippen molar-refractivity contribution in [3.05, 3.63) is 76.3 Å². The zero-order valence-electron chi connectivity index (χ0n) is 18.5. The molecule has 1 saturated carbocycles. The lowest BCUT2D eigenvalue weighted by Crippen LogP contribution is -2.40. The van der Waals surface area contributed by atoms with Gasteiger partial charge in [0, 0.05) is 16.9 Å². The van der Waals surface area contributed by atoms with Gasteiger partial charge in [0.1, 0.15) is 0 Å². The van der Waals surface area contributed by atoms with Gasteiger partial charge in [-0.15, -0.1) is 0 Å². The number of anilines is 1. The molecule has 2 aliphatic rings. The second kappa shape index (κ2) is 10.4. The summed E-state index contributed by atoms with van der Waals surface area (Å²) >= 11 is 12.3. The van der Waals surface area contributed by atoms with Crippen molar-refractivity contribution in [1.29, 1.82) is 0 Å². The average molecular weight is 462 g/mol. The summed E-state index contributed by atoms with van der Waals surface area (Å²) in [6, 6.07) is 7.52. The number of aliphatic hydroxyl groups is 1. The van der Waals surface area contributed by atoms with Gasteiger partial charge in [-0.2, -0.15) is 0 Å². The predicted molar refractivity (Wildman–Crippen MR) is 131 cm³/mol. The van der Waals surface area contributed by atoms with Gasteiger partial charge in [0.2, 0.25) is 0 Å². The highest BCUT2D eigenvalue weighted by atomic mass is 35.5. The van der Waals surface area contributed by atoms with Crippen LogP contribution in [-0.2, 0) is 4.84 Å². The summed E-state index contributed by atoms with van der Waals surface area (Å²) in [6.45, 7) is 8.43. The largest absolute Gasteiger partial charge is 0.388 e. The fraction of sp³-hybridized carbons (Fsp3) is 0.462. The maximum Gasteiger partial charge on any atom is 0.0988 e. The van der Waals surface area contributed by atoms with Crippen LogP contribution in [0.1, 0.15) is 58.8 Å². The van der Waals surface area contributed by atoms with Gasteiger partial charge in [-0.05, 0) is 50.0 Å². The van der Waals surface area contributed by atoms with E-state index in [9.17, 15) is 5.11 Å². The Morgan fingerprint density at radius 1 is 1.26 bits per heavy atom. The second-order valence-electron chi connectivity index (χ2n) is 9.09. The van der Waals surface area contributed by atoms with E-state index in [0.717, 1.165) is 48.4 Å². The van der Waals surface area contributed by atoms with Crippen LogP contribution in [0.3, 0.4) is 0 Å². The van der Waals surface area contributed by atoms with Crippen molar-refractivity contribution in [2.75, 3.05) is 5.48 Å². The first kappa shape index (κ1) is 24.1. The Morgan fingerprint density at radius 3 is 2.61 bits per heavy atom. The lowest BCUT2D eigenvalue weighted by Gasteiger charge is -2.38. The van der Waals surface area contributed by atoms with Gasteiger partial charge < -0.3 is 5.11 Å². The zero-order valence-corrected chi connectivity index (χ0v) is 20.0. The molecule has 2 atom stereocenters. The summed E-state index contributed by atoms with van der Waals surface area (Å²) < 4.78 is 0. The van der Waals surface area contributed by atoms with Crippen molar-refractivity contribution in [2.45, 2.75) is 70.5 Å². The van der Waals surface area contributed by atoms with Crippen LogP contribution in [0.25, 0.3) is 0 Å². The van der Waals surface area contributed by atoms with Crippen LogP contribution in [0.2, 0.25) is 5.02 Å². The first-order valence-corrected chi connectivity index (χ1v) is 11.8. The molecule has 2 N–H and O–H groups in total. The van der Waals surface area contributed by atoms with Crippen LogP contribution >= 0.6 is 23.2 Å². The standard InChI is InChI=1S/C26H33Cl2NO2/c1-19(17-20(2)25(3)15-11-21(27)12-16-25)24(30)18-26(13-7-4-8-14-26)31-29-23-10-6-5-9-22(23)28/h5-6,9-12,15,17,24,29-30H,1,4,7-8,13-14,16,18H2,2-3H3/b20-17+. The van der Waals surface area contributed by atoms with Gasteiger partial charge >= 0.3 is 0 Å². The highest BCUT2D eigenvalue weighted by molar-refractivity contribution is 6.33. The number of allylic oxidation sites excluding steroid dienone is 5. The molecule has 0 bridgehead atoms. The average Bonchev–Trinajstić information content (AvgIpc) is 2.76. The molecule has 0 amide bonds. The third kappa shape index (κ3) is 6.26. The number of rotatable bonds is 8. The highest BCUT2D eigenvalue weighted by Gasteiger charge is 2.37. The van der Waals surface area contributed by atoms with Gasteiger partial charge in [-0.1, -0.05) is 91.9 Å². The Labute approximate surface area is 196 Å². The van der Waals surface area contributed by atoms with Gasteiger partial charge in [-0.25, -0.2) is 0 Å². The van der Waals surface area contributed by atoms with E-state index in [2.05, 4.69) is 32.0 Å². The number of nitrogens with one attached hydrogen (secondary N) is 1. The molecule has 0 aromatic heterocycles. The quantitative estimate of drug-likeness (QED) is 0.307. The van der Waals surface area contributed by atoms with E-state index < -0.39 is 11.7 Å². The predicted octanol–water partition coefficient (Wildman–Crippen LogP) is 7.73. The fourth-order valence-electron chi connectivity index (χ4n) is 4.28. The molecular weight excluding hydrogens is 429 g/mol. The molecule has 2 aliphatic carbocycles. The van der Waals surface area contributed by atoms with E-state index in [1.165, 1.54) is 6.42 Å². The summed E-state index contributed by atoms with van der Waals surface area (Å²) in [4.78, 5) is 6.22. The van der Waals surface area contributed by atoms with Crippen molar-refractivity contribution < 1.29 is 9.94 Å². The first-order valence-electron chi connectivity index (χ1n) is 11.0. The van der Waals surface area contributed by atoms with Crippen molar-refractivity contribution >= 4 is 28.9 Å². The Balaban J connectivity index is 1.68. The number of benzene rings is 1. The number of hydrogen-bond acceptors (Lipinski definition) is 3. The van der Waals surface area contributed by atoms with E-state index in [4.69, 9.17) is 28.0 Å². The molecule has 168 valence electrons. The Kier molecular flexibility index (Phi) is 8.09. The molecule has 1 aromatic rings. The first-order chi connectivity index (χ1) is 14.7. The number of hydrogen-bond donors (Lipinski definition) is 2. The van der Waals surface area contributed by atoms with Crippen molar-refractivity contribution in [3.8, 4) is 0 Å². The van der Waals surface area contributed by atoms with E-state index >= 15 is 0 Å². The lowest BCUT2D eigenvalue weighted by atomic mass is 9.76. The third-order valence-electron chi connectivity index (χ3n) is 6.64. The van der Waals surface area contributed by atoms with Gasteiger partial charge in [0.25, 0.3) is 0 Å². The molecule has 1 fully saturated rings. The fourth-order valence-corrected chi connectivity index (χ4v) is 4.59. The molecule has 2 unspecified atom stereocenters. The number of aliphatic hydroxyl groups excluding tert-OH is 1. The van der Waals surface area contributed by atoms with Gasteiger partial charge in [0.05, 0.1) is 22.4 Å². The maximum atomic E-state index is 11.0. The Bertz CT molecular complexity index is 883. The zero-order chi connectivity index (χ0) is 22.5. The summed E-state index contributed by atoms with van der Waals surface area (Å²) in [5.74, 6) is 0. The molecule has 31 heavy (non-hydrogen) atoms. The van der Waals surface area contributed by atoms with E-state index in [1.807, 2.05) is 42.5 Å². The molecule has 1 aromatic carbocycles. The van der Waals surface area contributed by atoms with Crippen molar-refractivity contribution in [1.82, 2.24) is 0 Å². The molecule has 0 radical (unpaired) electrons. The summed E-state index contributed by atoms with van der Waals surface area (Å²) in [6.07, 6.45) is 13.9. The molecular formula is C26H33Cl2NO2. The van der Waals surface area contributed by atoms with Crippen LogP contribution in [0.15, 0.2) is 71.3 Å². The Morgan fingerprint density at radius 2 is 1.97 bits per heavy atom. The minimum atomic E-state index is -0.684. The summed E-state index contributed by atoms with van der Waals surface area (Å²) in [7, 11) is 0. The van der Waals surface area contributed by atoms with Crippen LogP contribution in [-0.4, -0.2) is 16.8 Å². The molecule has 5 heteroatoms. The normalized spacial score (nSPS) is 24.4. The lowest BCUT2D eigenvalue weighted by molar-refractivity contribution is -0.0656. The number of halogens is 2. The minimum Gasteiger partial charge on any atom is -0.388 e. The molecule has 0 heterocycles. The Hall–Kier alpha value is -1.52. The summed E-state index contributed by atoms with van der Waals surface area (Å²) in [5, 5.41) is 12.4. The van der Waals surface area contributed by atoms with Crippen LogP contribution in [0.4, 0.5) is 5.69 Å². The van der Waals surface area contributed by atoms with E-state index in [0.29, 0.717) is 17.0 Å². The van der Waals surface area contributed by atoms with Crippen LogP contribution in [0.5, 0.6) is 0 Å². The highest BCUT2D eigenvalue weighted by Crippen LogP contribution is 2.40. The van der Waals surface area contributed by atoms with Crippen molar-refractivity contribution in [2.24, 2.45) is 5.41 Å².